The Kier molecular flexibility index (Phi) is 9.07. The van der Waals surface area contributed by atoms with Gasteiger partial charge in [-0.25, -0.2) is 9.78 Å². The summed E-state index contributed by atoms with van der Waals surface area (Å²) in [5.41, 5.74) is 1.92. The Hall–Kier alpha value is -3.14. The summed E-state index contributed by atoms with van der Waals surface area (Å²) in [5.74, 6) is 1.82. The lowest BCUT2D eigenvalue weighted by molar-refractivity contribution is -0.156. The van der Waals surface area contributed by atoms with Crippen LogP contribution in [0.2, 0.25) is 0 Å². The van der Waals surface area contributed by atoms with Crippen LogP contribution in [0.5, 0.6) is 5.75 Å². The number of fused-ring (bicyclic) bond motifs is 5. The fourth-order valence-electron chi connectivity index (χ4n) is 7.97. The molecule has 2 fully saturated rings. The predicted octanol–water partition coefficient (Wildman–Crippen LogP) is 6.40. The van der Waals surface area contributed by atoms with Crippen LogP contribution >= 0.6 is 11.3 Å². The van der Waals surface area contributed by atoms with E-state index in [1.165, 1.54) is 22.5 Å². The van der Waals surface area contributed by atoms with Crippen LogP contribution in [0.25, 0.3) is 0 Å². The van der Waals surface area contributed by atoms with Crippen LogP contribution in [0.1, 0.15) is 88.1 Å². The maximum atomic E-state index is 13.0. The van der Waals surface area contributed by atoms with E-state index >= 15 is 0 Å². The first-order valence-electron chi connectivity index (χ1n) is 15.4. The first kappa shape index (κ1) is 31.3. The van der Waals surface area contributed by atoms with E-state index in [-0.39, 0.29) is 29.9 Å². The van der Waals surface area contributed by atoms with Crippen molar-refractivity contribution in [3.05, 3.63) is 40.4 Å². The summed E-state index contributed by atoms with van der Waals surface area (Å²) in [6.45, 7) is 9.33. The van der Waals surface area contributed by atoms with Gasteiger partial charge in [-0.15, -0.1) is 11.3 Å². The fraction of sp³-hybridized carbons (Fsp3) is 0.636. The number of aryl methyl sites for hydroxylation is 2. The number of rotatable bonds is 8. The van der Waals surface area contributed by atoms with E-state index in [4.69, 9.17) is 14.2 Å². The van der Waals surface area contributed by atoms with Crippen LogP contribution in [-0.2, 0) is 25.5 Å². The molecule has 5 rings (SSSR count). The van der Waals surface area contributed by atoms with Gasteiger partial charge in [0, 0.05) is 22.9 Å². The fourth-order valence-corrected chi connectivity index (χ4v) is 8.65. The standard InChI is InChI=1S/C33H45N3O6S/c1-19-17-34-30(43-19)36-27(37)12-8-21-16-26(41-28(38)18-35-31(39)42-32(2,3)4)33(5)14-13-24-23-11-9-22(40-6)15-20(23)7-10-25(24)29(21)33/h9,11,15,17,21,24-26,29H,7-8,10,12-14,16,18H2,1-6H3,(H,35,39)(H,34,36,37)/t21-,24?,25?,26?,29?,33-/m1/s1. The molecular weight excluding hydrogens is 566 g/mol. The van der Waals surface area contributed by atoms with Gasteiger partial charge in [0.15, 0.2) is 5.13 Å². The Morgan fingerprint density at radius 2 is 1.98 bits per heavy atom. The Morgan fingerprint density at radius 1 is 1.19 bits per heavy atom. The molecule has 3 aliphatic carbocycles. The maximum absolute atomic E-state index is 13.0. The minimum absolute atomic E-state index is 0.0356. The van der Waals surface area contributed by atoms with E-state index < -0.39 is 17.7 Å². The third-order valence-electron chi connectivity index (χ3n) is 9.65. The summed E-state index contributed by atoms with van der Waals surface area (Å²) in [4.78, 5) is 43.4. The van der Waals surface area contributed by atoms with Crippen molar-refractivity contribution < 1.29 is 28.6 Å². The van der Waals surface area contributed by atoms with Crippen LogP contribution in [-0.4, -0.2) is 48.3 Å². The highest BCUT2D eigenvalue weighted by Crippen LogP contribution is 2.64. The number of nitrogens with zero attached hydrogens (tertiary/aromatic N) is 1. The Morgan fingerprint density at radius 3 is 2.67 bits per heavy atom. The first-order chi connectivity index (χ1) is 20.4. The van der Waals surface area contributed by atoms with Gasteiger partial charge in [-0.05, 0) is 113 Å². The smallest absolute Gasteiger partial charge is 0.408 e. The van der Waals surface area contributed by atoms with E-state index in [1.807, 2.05) is 6.92 Å². The highest BCUT2D eigenvalue weighted by atomic mass is 32.1. The molecule has 2 aromatic rings. The van der Waals surface area contributed by atoms with Gasteiger partial charge in [-0.1, -0.05) is 13.0 Å². The number of carbonyl (C=O) groups is 3. The van der Waals surface area contributed by atoms with Crippen LogP contribution in [0, 0.1) is 30.1 Å². The summed E-state index contributed by atoms with van der Waals surface area (Å²) in [5, 5.41) is 6.11. The second kappa shape index (κ2) is 12.5. The molecule has 0 spiro atoms. The summed E-state index contributed by atoms with van der Waals surface area (Å²) in [6, 6.07) is 6.48. The van der Waals surface area contributed by atoms with Crippen molar-refractivity contribution in [2.24, 2.45) is 23.2 Å². The number of ether oxygens (including phenoxy) is 3. The van der Waals surface area contributed by atoms with Crippen molar-refractivity contribution >= 4 is 34.4 Å². The molecule has 1 heterocycles. The number of nitrogens with one attached hydrogen (secondary N) is 2. The third-order valence-corrected chi connectivity index (χ3v) is 10.5. The van der Waals surface area contributed by atoms with Crippen LogP contribution in [0.3, 0.4) is 0 Å². The van der Waals surface area contributed by atoms with Gasteiger partial charge in [0.2, 0.25) is 5.91 Å². The number of benzene rings is 1. The summed E-state index contributed by atoms with van der Waals surface area (Å²) >= 11 is 1.47. The average Bonchev–Trinajstić information content (AvgIpc) is 3.48. The van der Waals surface area contributed by atoms with Crippen molar-refractivity contribution in [2.75, 3.05) is 19.0 Å². The zero-order chi connectivity index (χ0) is 30.9. The van der Waals surface area contributed by atoms with E-state index in [0.29, 0.717) is 35.7 Å². The molecule has 3 aliphatic rings. The van der Waals surface area contributed by atoms with E-state index in [9.17, 15) is 14.4 Å². The molecule has 1 aromatic carbocycles. The van der Waals surface area contributed by atoms with Gasteiger partial charge < -0.3 is 24.8 Å². The zero-order valence-corrected chi connectivity index (χ0v) is 27.0. The van der Waals surface area contributed by atoms with Crippen LogP contribution in [0.15, 0.2) is 24.4 Å². The minimum atomic E-state index is -0.652. The van der Waals surface area contributed by atoms with E-state index in [2.05, 4.69) is 40.7 Å². The van der Waals surface area contributed by atoms with Gasteiger partial charge in [0.05, 0.1) is 7.11 Å². The lowest BCUT2D eigenvalue weighted by Crippen LogP contribution is -2.47. The molecule has 234 valence electrons. The second-order valence-electron chi connectivity index (χ2n) is 13.6. The number of esters is 1. The topological polar surface area (TPSA) is 116 Å². The zero-order valence-electron chi connectivity index (χ0n) is 26.2. The van der Waals surface area contributed by atoms with E-state index in [0.717, 1.165) is 42.7 Å². The molecule has 43 heavy (non-hydrogen) atoms. The molecule has 2 saturated carbocycles. The number of alkyl carbamates (subject to hydrolysis) is 1. The molecule has 0 bridgehead atoms. The minimum Gasteiger partial charge on any atom is -0.497 e. The van der Waals surface area contributed by atoms with Crippen molar-refractivity contribution in [1.29, 1.82) is 0 Å². The molecule has 9 nitrogen and oxygen atoms in total. The average molecular weight is 612 g/mol. The first-order valence-corrected chi connectivity index (χ1v) is 16.2. The number of aromatic nitrogens is 1. The molecule has 2 N–H and O–H groups in total. The monoisotopic (exact) mass is 611 g/mol. The number of amides is 2. The normalized spacial score (nSPS) is 27.7. The third kappa shape index (κ3) is 7.00. The van der Waals surface area contributed by atoms with Crippen molar-refractivity contribution in [1.82, 2.24) is 10.3 Å². The van der Waals surface area contributed by atoms with Crippen LogP contribution in [0.4, 0.5) is 9.93 Å². The van der Waals surface area contributed by atoms with Gasteiger partial charge >= 0.3 is 12.1 Å². The second-order valence-corrected chi connectivity index (χ2v) is 14.9. The van der Waals surface area contributed by atoms with Crippen molar-refractivity contribution in [3.8, 4) is 5.75 Å². The van der Waals surface area contributed by atoms with Crippen molar-refractivity contribution in [2.45, 2.75) is 97.2 Å². The molecule has 4 unspecified atom stereocenters. The SMILES string of the molecule is COc1ccc2c(c1)CCC1C2CC[C@]2(C)C(OC(=O)CNC(=O)OC(C)(C)C)C[C@@H](CCC(=O)Nc3ncc(C)s3)C12. The number of hydrogen-bond acceptors (Lipinski definition) is 8. The number of thiazole rings is 1. The molecule has 10 heteroatoms. The maximum Gasteiger partial charge on any atom is 0.408 e. The van der Waals surface area contributed by atoms with Gasteiger partial charge in [0.25, 0.3) is 0 Å². The summed E-state index contributed by atoms with van der Waals surface area (Å²) < 4.78 is 16.9. The highest BCUT2D eigenvalue weighted by Gasteiger charge is 2.60. The molecule has 0 aliphatic heterocycles. The number of methoxy groups -OCH3 is 1. The van der Waals surface area contributed by atoms with Gasteiger partial charge in [0.1, 0.15) is 24.0 Å². The van der Waals surface area contributed by atoms with Crippen molar-refractivity contribution in [3.63, 3.8) is 0 Å². The molecule has 0 saturated heterocycles. The highest BCUT2D eigenvalue weighted by molar-refractivity contribution is 7.15. The Balaban J connectivity index is 1.32. The lowest BCUT2D eigenvalue weighted by Gasteiger charge is -2.51. The van der Waals surface area contributed by atoms with Gasteiger partial charge in [-0.2, -0.15) is 0 Å². The predicted molar refractivity (Wildman–Crippen MR) is 165 cm³/mol. The largest absolute Gasteiger partial charge is 0.497 e. The Labute approximate surface area is 258 Å². The van der Waals surface area contributed by atoms with Crippen LogP contribution < -0.4 is 15.4 Å². The molecular formula is C33H45N3O6S. The molecule has 2 amide bonds. The number of hydrogen-bond donors (Lipinski definition) is 2. The molecule has 0 radical (unpaired) electrons. The number of anilines is 1. The van der Waals surface area contributed by atoms with E-state index in [1.54, 1.807) is 34.1 Å². The molecule has 1 aromatic heterocycles. The lowest BCUT2D eigenvalue weighted by atomic mass is 9.53. The quantitative estimate of drug-likeness (QED) is 0.332. The Bertz CT molecular complexity index is 1350. The molecule has 6 atom stereocenters. The summed E-state index contributed by atoms with van der Waals surface area (Å²) in [6.07, 6.45) is 6.67. The summed E-state index contributed by atoms with van der Waals surface area (Å²) in [7, 11) is 1.71. The van der Waals surface area contributed by atoms with Gasteiger partial charge in [-0.3, -0.25) is 9.59 Å². The number of carbonyl (C=O) groups excluding carboxylic acids is 3.